The van der Waals surface area contributed by atoms with Crippen molar-refractivity contribution in [2.75, 3.05) is 19.7 Å². The zero-order valence-corrected chi connectivity index (χ0v) is 19.8. The quantitative estimate of drug-likeness (QED) is 0.640. The van der Waals surface area contributed by atoms with Crippen molar-refractivity contribution in [2.45, 2.75) is 57.2 Å². The summed E-state index contributed by atoms with van der Waals surface area (Å²) in [5.41, 5.74) is 5.53. The van der Waals surface area contributed by atoms with Gasteiger partial charge < -0.3 is 19.5 Å². The molecular weight excluding hydrogens is 426 g/mol. The van der Waals surface area contributed by atoms with Crippen molar-refractivity contribution in [2.24, 2.45) is 0 Å². The molecule has 176 valence electrons. The van der Waals surface area contributed by atoms with E-state index < -0.39 is 6.04 Å². The van der Waals surface area contributed by atoms with E-state index in [0.717, 1.165) is 47.2 Å². The van der Waals surface area contributed by atoms with Crippen molar-refractivity contribution < 1.29 is 14.3 Å². The number of aromatic nitrogens is 1. The fourth-order valence-corrected chi connectivity index (χ4v) is 5.92. The molecule has 0 unspecified atom stereocenters. The van der Waals surface area contributed by atoms with Gasteiger partial charge in [0.05, 0.1) is 18.7 Å². The number of carbonyl (C=O) groups excluding carboxylic acids is 2. The van der Waals surface area contributed by atoms with Crippen LogP contribution < -0.4 is 0 Å². The number of aromatic amines is 1. The molecule has 0 bridgehead atoms. The fraction of sp³-hybridized carbons (Fsp3) is 0.429. The van der Waals surface area contributed by atoms with Crippen LogP contribution in [0.1, 0.15) is 61.0 Å². The van der Waals surface area contributed by atoms with Crippen LogP contribution in [0.4, 0.5) is 0 Å². The average Bonchev–Trinajstić information content (AvgIpc) is 3.49. The topological polar surface area (TPSA) is 65.6 Å². The van der Waals surface area contributed by atoms with Crippen LogP contribution in [0.15, 0.2) is 48.5 Å². The number of H-pyrrole nitrogens is 1. The maximum atomic E-state index is 13.7. The second-order valence-electron chi connectivity index (χ2n) is 10.2. The number of piperazine rings is 1. The van der Waals surface area contributed by atoms with Gasteiger partial charge in [-0.25, -0.2) is 0 Å². The highest BCUT2D eigenvalue weighted by atomic mass is 16.5. The van der Waals surface area contributed by atoms with Crippen molar-refractivity contribution in [3.8, 4) is 0 Å². The minimum Gasteiger partial charge on any atom is -0.376 e. The van der Waals surface area contributed by atoms with Crippen molar-refractivity contribution in [3.05, 3.63) is 70.9 Å². The Hall–Kier alpha value is -3.12. The number of hydrogen-bond acceptors (Lipinski definition) is 3. The molecule has 2 saturated heterocycles. The highest BCUT2D eigenvalue weighted by molar-refractivity contribution is 5.97. The molecule has 1 N–H and O–H groups in total. The standard InChI is InChI=1S/C28H31N3O3/c1-17(2)18-9-11-19(12-10-18)27-26-22(21-7-3-4-8-23(21)29-26)14-24-28(33)30(16-25(32)31(24)27)15-20-6-5-13-34-20/h3-4,7-12,17,20,24,27,29H,5-6,13-16H2,1-2H3/t20-,24-,27+/m0/s1. The van der Waals surface area contributed by atoms with E-state index in [1.807, 2.05) is 17.0 Å². The molecule has 2 fully saturated rings. The van der Waals surface area contributed by atoms with Crippen LogP contribution in [0, 0.1) is 0 Å². The summed E-state index contributed by atoms with van der Waals surface area (Å²) in [5, 5.41) is 1.14. The molecular formula is C28H31N3O3. The van der Waals surface area contributed by atoms with E-state index in [4.69, 9.17) is 4.74 Å². The molecule has 0 aliphatic carbocycles. The summed E-state index contributed by atoms with van der Waals surface area (Å²) >= 11 is 0. The summed E-state index contributed by atoms with van der Waals surface area (Å²) in [4.78, 5) is 34.5. The molecule has 3 aliphatic rings. The van der Waals surface area contributed by atoms with Gasteiger partial charge >= 0.3 is 0 Å². The SMILES string of the molecule is CC(C)c1ccc([C@@H]2c3[nH]c4ccccc4c3C[C@H]3C(=O)N(C[C@@H]4CCCO4)CC(=O)N23)cc1. The van der Waals surface area contributed by atoms with E-state index in [1.54, 1.807) is 4.90 Å². The van der Waals surface area contributed by atoms with Gasteiger partial charge in [0.15, 0.2) is 0 Å². The van der Waals surface area contributed by atoms with Crippen molar-refractivity contribution in [1.82, 2.24) is 14.8 Å². The molecule has 0 radical (unpaired) electrons. The van der Waals surface area contributed by atoms with E-state index in [2.05, 4.69) is 55.2 Å². The van der Waals surface area contributed by atoms with E-state index >= 15 is 0 Å². The molecule has 6 rings (SSSR count). The number of ether oxygens (including phenoxy) is 1. The molecule has 2 amide bonds. The Labute approximate surface area is 199 Å². The van der Waals surface area contributed by atoms with E-state index in [0.29, 0.717) is 18.9 Å². The zero-order chi connectivity index (χ0) is 23.4. The summed E-state index contributed by atoms with van der Waals surface area (Å²) < 4.78 is 5.77. The number of nitrogens with one attached hydrogen (secondary N) is 1. The lowest BCUT2D eigenvalue weighted by Gasteiger charge is -2.47. The Balaban J connectivity index is 1.44. The van der Waals surface area contributed by atoms with E-state index in [9.17, 15) is 9.59 Å². The lowest BCUT2D eigenvalue weighted by molar-refractivity contribution is -0.159. The average molecular weight is 458 g/mol. The smallest absolute Gasteiger partial charge is 0.246 e. The summed E-state index contributed by atoms with van der Waals surface area (Å²) in [5.74, 6) is 0.473. The number of fused-ring (bicyclic) bond motifs is 4. The van der Waals surface area contributed by atoms with Crippen molar-refractivity contribution in [3.63, 3.8) is 0 Å². The molecule has 3 atom stereocenters. The van der Waals surface area contributed by atoms with Gasteiger partial charge in [0.25, 0.3) is 0 Å². The Kier molecular flexibility index (Phi) is 5.21. The Morgan fingerprint density at radius 1 is 1.09 bits per heavy atom. The molecule has 4 heterocycles. The summed E-state index contributed by atoms with van der Waals surface area (Å²) in [6, 6.07) is 16.0. The molecule has 34 heavy (non-hydrogen) atoms. The van der Waals surface area contributed by atoms with Crippen LogP contribution in [0.3, 0.4) is 0 Å². The van der Waals surface area contributed by atoms with Crippen LogP contribution in [0.25, 0.3) is 10.9 Å². The third kappa shape index (κ3) is 3.43. The van der Waals surface area contributed by atoms with Crippen LogP contribution in [0.2, 0.25) is 0 Å². The van der Waals surface area contributed by atoms with Gasteiger partial charge in [-0.1, -0.05) is 56.3 Å². The third-order valence-electron chi connectivity index (χ3n) is 7.71. The molecule has 1 aromatic heterocycles. The Morgan fingerprint density at radius 3 is 2.62 bits per heavy atom. The third-order valence-corrected chi connectivity index (χ3v) is 7.71. The number of benzene rings is 2. The minimum absolute atomic E-state index is 0.00448. The first kappa shape index (κ1) is 21.4. The summed E-state index contributed by atoms with van der Waals surface area (Å²) in [6.07, 6.45) is 2.54. The molecule has 3 aliphatic heterocycles. The predicted octanol–water partition coefficient (Wildman–Crippen LogP) is 4.16. The fourth-order valence-electron chi connectivity index (χ4n) is 5.92. The first-order valence-corrected chi connectivity index (χ1v) is 12.4. The largest absolute Gasteiger partial charge is 0.376 e. The van der Waals surface area contributed by atoms with E-state index in [1.165, 1.54) is 5.56 Å². The second kappa shape index (κ2) is 8.27. The van der Waals surface area contributed by atoms with E-state index in [-0.39, 0.29) is 30.5 Å². The van der Waals surface area contributed by atoms with Crippen LogP contribution in [-0.2, 0) is 20.7 Å². The van der Waals surface area contributed by atoms with Gasteiger partial charge in [-0.3, -0.25) is 9.59 Å². The molecule has 0 saturated carbocycles. The molecule has 6 nitrogen and oxygen atoms in total. The highest BCUT2D eigenvalue weighted by Gasteiger charge is 2.48. The van der Waals surface area contributed by atoms with Gasteiger partial charge in [-0.05, 0) is 41.5 Å². The van der Waals surface area contributed by atoms with Gasteiger partial charge in [-0.15, -0.1) is 0 Å². The normalized spacial score (nSPS) is 24.7. The maximum absolute atomic E-state index is 13.7. The van der Waals surface area contributed by atoms with Crippen LogP contribution in [-0.4, -0.2) is 58.4 Å². The number of rotatable bonds is 4. The van der Waals surface area contributed by atoms with Gasteiger partial charge in [0.2, 0.25) is 11.8 Å². The Morgan fingerprint density at radius 2 is 1.88 bits per heavy atom. The summed E-state index contributed by atoms with van der Waals surface area (Å²) in [7, 11) is 0. The molecule has 2 aromatic carbocycles. The molecule has 6 heteroatoms. The summed E-state index contributed by atoms with van der Waals surface area (Å²) in [6.45, 7) is 5.71. The number of carbonyl (C=O) groups is 2. The van der Waals surface area contributed by atoms with Crippen LogP contribution >= 0.6 is 0 Å². The second-order valence-corrected chi connectivity index (χ2v) is 10.2. The molecule has 3 aromatic rings. The van der Waals surface area contributed by atoms with Gasteiger partial charge in [0.1, 0.15) is 6.04 Å². The number of nitrogens with zero attached hydrogens (tertiary/aromatic N) is 2. The monoisotopic (exact) mass is 457 g/mol. The first-order chi connectivity index (χ1) is 16.5. The highest BCUT2D eigenvalue weighted by Crippen LogP contribution is 2.42. The minimum atomic E-state index is -0.496. The Bertz CT molecular complexity index is 1240. The van der Waals surface area contributed by atoms with Crippen molar-refractivity contribution in [1.29, 1.82) is 0 Å². The number of amides is 2. The predicted molar refractivity (Wildman–Crippen MR) is 131 cm³/mol. The van der Waals surface area contributed by atoms with Crippen molar-refractivity contribution >= 4 is 22.7 Å². The molecule has 0 spiro atoms. The number of hydrogen-bond donors (Lipinski definition) is 1. The first-order valence-electron chi connectivity index (χ1n) is 12.4. The van der Waals surface area contributed by atoms with Gasteiger partial charge in [-0.2, -0.15) is 0 Å². The number of para-hydroxylation sites is 1. The zero-order valence-electron chi connectivity index (χ0n) is 19.8. The lowest BCUT2D eigenvalue weighted by atomic mass is 9.85. The lowest BCUT2D eigenvalue weighted by Crippen LogP contribution is -2.63. The maximum Gasteiger partial charge on any atom is 0.246 e. The van der Waals surface area contributed by atoms with Crippen LogP contribution in [0.5, 0.6) is 0 Å². The van der Waals surface area contributed by atoms with Gasteiger partial charge in [0, 0.05) is 36.2 Å².